The molecule has 0 atom stereocenters. The van der Waals surface area contributed by atoms with Crippen molar-refractivity contribution in [2.75, 3.05) is 17.7 Å². The maximum Gasteiger partial charge on any atom is 0.266 e. The van der Waals surface area contributed by atoms with E-state index in [-0.39, 0.29) is 17.2 Å². The Kier molecular flexibility index (Phi) is 7.25. The zero-order chi connectivity index (χ0) is 23.9. The summed E-state index contributed by atoms with van der Waals surface area (Å²) in [5, 5.41) is 12.5. The largest absolute Gasteiger partial charge is 0.494 e. The quantitative estimate of drug-likeness (QED) is 0.299. The summed E-state index contributed by atoms with van der Waals surface area (Å²) in [6.07, 6.45) is 0.320. The summed E-state index contributed by atoms with van der Waals surface area (Å²) in [6, 6.07) is 23.6. The number of para-hydroxylation sites is 1. The molecule has 0 fully saturated rings. The molecule has 8 heteroatoms. The van der Waals surface area contributed by atoms with Crippen molar-refractivity contribution in [1.82, 2.24) is 9.55 Å². The summed E-state index contributed by atoms with van der Waals surface area (Å²) in [5.74, 6) is 0.558. The highest BCUT2D eigenvalue weighted by Gasteiger charge is 2.15. The van der Waals surface area contributed by atoms with Gasteiger partial charge in [-0.1, -0.05) is 36.0 Å². The van der Waals surface area contributed by atoms with E-state index in [1.165, 1.54) is 16.3 Å². The standard InChI is InChI=1S/C26H22N4O3S/c1-2-33-21-13-11-20(12-14-21)30-25(32)22-5-3-4-6-23(22)29-26(30)34-17-24(31)28-19-9-7-18(8-10-19)15-16-27/h3-14H,2,15,17H2,1H3,(H,28,31). The Balaban J connectivity index is 1.59. The molecule has 0 saturated carbocycles. The van der Waals surface area contributed by atoms with Gasteiger partial charge in [0.2, 0.25) is 5.91 Å². The number of carbonyl (C=O) groups excluding carboxylic acids is 1. The number of benzene rings is 3. The van der Waals surface area contributed by atoms with Gasteiger partial charge in [0, 0.05) is 5.69 Å². The van der Waals surface area contributed by atoms with Crippen molar-refractivity contribution in [2.45, 2.75) is 18.5 Å². The van der Waals surface area contributed by atoms with Gasteiger partial charge in [-0.25, -0.2) is 4.98 Å². The van der Waals surface area contributed by atoms with Gasteiger partial charge in [0.1, 0.15) is 5.75 Å². The van der Waals surface area contributed by atoms with Gasteiger partial charge < -0.3 is 10.1 Å². The van der Waals surface area contributed by atoms with Crippen LogP contribution in [0.3, 0.4) is 0 Å². The van der Waals surface area contributed by atoms with Crippen LogP contribution in [0.1, 0.15) is 12.5 Å². The molecule has 1 N–H and O–H groups in total. The van der Waals surface area contributed by atoms with E-state index in [0.29, 0.717) is 46.2 Å². The minimum atomic E-state index is -0.223. The first-order chi connectivity index (χ1) is 16.6. The van der Waals surface area contributed by atoms with E-state index in [9.17, 15) is 9.59 Å². The van der Waals surface area contributed by atoms with Crippen LogP contribution in [-0.2, 0) is 11.2 Å². The third-order valence-corrected chi connectivity index (χ3v) is 5.94. The van der Waals surface area contributed by atoms with Crippen molar-refractivity contribution in [3.05, 3.63) is 88.7 Å². The summed E-state index contributed by atoms with van der Waals surface area (Å²) in [4.78, 5) is 30.6. The fourth-order valence-electron chi connectivity index (χ4n) is 3.42. The Morgan fingerprint density at radius 3 is 2.53 bits per heavy atom. The van der Waals surface area contributed by atoms with Crippen LogP contribution in [0, 0.1) is 11.3 Å². The number of thioether (sulfide) groups is 1. The van der Waals surface area contributed by atoms with Crippen molar-refractivity contribution >= 4 is 34.3 Å². The number of ether oxygens (including phenoxy) is 1. The van der Waals surface area contributed by atoms with E-state index in [1.54, 1.807) is 66.7 Å². The normalized spacial score (nSPS) is 10.6. The first-order valence-corrected chi connectivity index (χ1v) is 11.7. The van der Waals surface area contributed by atoms with E-state index in [0.717, 1.165) is 5.56 Å². The molecule has 0 unspecified atom stereocenters. The van der Waals surface area contributed by atoms with E-state index in [4.69, 9.17) is 10.00 Å². The van der Waals surface area contributed by atoms with E-state index in [2.05, 4.69) is 16.4 Å². The molecule has 170 valence electrons. The summed E-state index contributed by atoms with van der Waals surface area (Å²) >= 11 is 1.19. The zero-order valence-electron chi connectivity index (χ0n) is 18.5. The second-order valence-corrected chi connectivity index (χ2v) is 8.29. The number of hydrogen-bond acceptors (Lipinski definition) is 6. The Bertz CT molecular complexity index is 1410. The molecule has 1 heterocycles. The van der Waals surface area contributed by atoms with Crippen molar-refractivity contribution < 1.29 is 9.53 Å². The fraction of sp³-hybridized carbons (Fsp3) is 0.154. The van der Waals surface area contributed by atoms with Crippen LogP contribution in [0.5, 0.6) is 5.75 Å². The summed E-state index contributed by atoms with van der Waals surface area (Å²) in [6.45, 7) is 2.46. The van der Waals surface area contributed by atoms with Gasteiger partial charge in [0.15, 0.2) is 5.16 Å². The van der Waals surface area contributed by atoms with Crippen molar-refractivity contribution in [3.8, 4) is 17.5 Å². The molecular weight excluding hydrogens is 448 g/mol. The Hall–Kier alpha value is -4.09. The molecule has 0 aliphatic carbocycles. The summed E-state index contributed by atoms with van der Waals surface area (Å²) in [7, 11) is 0. The number of amides is 1. The first kappa shape index (κ1) is 23.1. The summed E-state index contributed by atoms with van der Waals surface area (Å²) in [5.41, 5.74) is 2.54. The van der Waals surface area contributed by atoms with Gasteiger partial charge in [-0.15, -0.1) is 0 Å². The molecule has 0 aliphatic rings. The lowest BCUT2D eigenvalue weighted by Gasteiger charge is -2.14. The highest BCUT2D eigenvalue weighted by molar-refractivity contribution is 7.99. The van der Waals surface area contributed by atoms with Crippen molar-refractivity contribution in [2.24, 2.45) is 0 Å². The number of nitrogens with one attached hydrogen (secondary N) is 1. The Morgan fingerprint density at radius 2 is 1.82 bits per heavy atom. The van der Waals surface area contributed by atoms with E-state index in [1.807, 2.05) is 13.0 Å². The zero-order valence-corrected chi connectivity index (χ0v) is 19.3. The lowest BCUT2D eigenvalue weighted by atomic mass is 10.1. The molecule has 1 aromatic heterocycles. The van der Waals surface area contributed by atoms with Crippen LogP contribution in [-0.4, -0.2) is 27.8 Å². The Labute approximate surface area is 201 Å². The highest BCUT2D eigenvalue weighted by atomic mass is 32.2. The van der Waals surface area contributed by atoms with Crippen LogP contribution in [0.4, 0.5) is 5.69 Å². The average molecular weight is 471 g/mol. The van der Waals surface area contributed by atoms with Gasteiger partial charge >= 0.3 is 0 Å². The molecule has 0 aliphatic heterocycles. The molecule has 0 spiro atoms. The van der Waals surface area contributed by atoms with Gasteiger partial charge in [0.25, 0.3) is 5.56 Å². The molecule has 0 saturated heterocycles. The highest BCUT2D eigenvalue weighted by Crippen LogP contribution is 2.23. The van der Waals surface area contributed by atoms with Crippen molar-refractivity contribution in [1.29, 1.82) is 5.26 Å². The number of nitrogens with zero attached hydrogens (tertiary/aromatic N) is 3. The number of fused-ring (bicyclic) bond motifs is 1. The number of carbonyl (C=O) groups is 1. The van der Waals surface area contributed by atoms with E-state index < -0.39 is 0 Å². The number of anilines is 1. The van der Waals surface area contributed by atoms with Gasteiger partial charge in [0.05, 0.1) is 41.4 Å². The number of aromatic nitrogens is 2. The minimum absolute atomic E-state index is 0.0712. The lowest BCUT2D eigenvalue weighted by molar-refractivity contribution is -0.113. The maximum absolute atomic E-state index is 13.3. The van der Waals surface area contributed by atoms with Crippen molar-refractivity contribution in [3.63, 3.8) is 0 Å². The van der Waals surface area contributed by atoms with Crippen LogP contribution in [0.15, 0.2) is 82.7 Å². The molecule has 7 nitrogen and oxygen atoms in total. The topological polar surface area (TPSA) is 97.0 Å². The van der Waals surface area contributed by atoms with Crippen LogP contribution >= 0.6 is 11.8 Å². The minimum Gasteiger partial charge on any atom is -0.494 e. The molecule has 3 aromatic carbocycles. The third kappa shape index (κ3) is 5.27. The third-order valence-electron chi connectivity index (χ3n) is 5.00. The van der Waals surface area contributed by atoms with Gasteiger partial charge in [-0.3, -0.25) is 14.2 Å². The maximum atomic E-state index is 13.3. The molecule has 34 heavy (non-hydrogen) atoms. The lowest BCUT2D eigenvalue weighted by Crippen LogP contribution is -2.23. The predicted molar refractivity (Wildman–Crippen MR) is 134 cm³/mol. The van der Waals surface area contributed by atoms with E-state index >= 15 is 0 Å². The average Bonchev–Trinajstić information content (AvgIpc) is 2.85. The second kappa shape index (κ2) is 10.7. The number of hydrogen-bond donors (Lipinski definition) is 1. The smallest absolute Gasteiger partial charge is 0.266 e. The van der Waals surface area contributed by atoms with Crippen LogP contribution < -0.4 is 15.6 Å². The molecular formula is C26H22N4O3S. The molecule has 0 bridgehead atoms. The first-order valence-electron chi connectivity index (χ1n) is 10.7. The fourth-order valence-corrected chi connectivity index (χ4v) is 4.23. The molecule has 4 aromatic rings. The van der Waals surface area contributed by atoms with Crippen LogP contribution in [0.2, 0.25) is 0 Å². The molecule has 0 radical (unpaired) electrons. The van der Waals surface area contributed by atoms with Gasteiger partial charge in [-0.2, -0.15) is 5.26 Å². The second-order valence-electron chi connectivity index (χ2n) is 7.35. The Morgan fingerprint density at radius 1 is 1.09 bits per heavy atom. The predicted octanol–water partition coefficient (Wildman–Crippen LogP) is 4.58. The van der Waals surface area contributed by atoms with Crippen LogP contribution in [0.25, 0.3) is 16.6 Å². The number of nitriles is 1. The summed E-state index contributed by atoms with van der Waals surface area (Å²) < 4.78 is 7.03. The molecule has 1 amide bonds. The number of rotatable bonds is 8. The molecule has 4 rings (SSSR count). The monoisotopic (exact) mass is 470 g/mol. The van der Waals surface area contributed by atoms with Gasteiger partial charge in [-0.05, 0) is 61.0 Å². The SMILES string of the molecule is CCOc1ccc(-n2c(SCC(=O)Nc3ccc(CC#N)cc3)nc3ccccc3c2=O)cc1.